The average Bonchev–Trinajstić information content (AvgIpc) is 3.19. The molecule has 4 nitrogen and oxygen atoms in total. The second kappa shape index (κ2) is 8.65. The molecule has 0 fully saturated rings. The standard InChI is InChI=1S/C25H24N2O2/c1-18(29-20-12-6-3-7-13-20)25(28)27-16-22(19-10-4-2-5-11-19)23-17-26-24-15-9-8-14-21(23)24/h2-15,17-18,22,26H,16H2,1H3,(H,27,28)/t18-,22+/m0/s1. The van der Waals surface area contributed by atoms with Gasteiger partial charge in [-0.3, -0.25) is 4.79 Å². The molecule has 4 heteroatoms. The van der Waals surface area contributed by atoms with Crippen LogP contribution in [0.25, 0.3) is 10.9 Å². The van der Waals surface area contributed by atoms with Crippen molar-refractivity contribution in [1.29, 1.82) is 0 Å². The first kappa shape index (κ1) is 18.8. The van der Waals surface area contributed by atoms with E-state index in [4.69, 9.17) is 4.74 Å². The van der Waals surface area contributed by atoms with E-state index in [1.54, 1.807) is 6.92 Å². The number of carbonyl (C=O) groups excluding carboxylic acids is 1. The topological polar surface area (TPSA) is 54.1 Å². The summed E-state index contributed by atoms with van der Waals surface area (Å²) in [6.07, 6.45) is 1.47. The molecule has 0 aliphatic carbocycles. The normalized spacial score (nSPS) is 13.0. The van der Waals surface area contributed by atoms with E-state index >= 15 is 0 Å². The quantitative estimate of drug-likeness (QED) is 0.477. The molecule has 0 aliphatic rings. The maximum absolute atomic E-state index is 12.7. The van der Waals surface area contributed by atoms with E-state index in [1.807, 2.05) is 66.9 Å². The Bertz CT molecular complexity index is 1070. The molecule has 0 aliphatic heterocycles. The van der Waals surface area contributed by atoms with Crippen molar-refractivity contribution in [2.24, 2.45) is 0 Å². The van der Waals surface area contributed by atoms with Gasteiger partial charge in [-0.2, -0.15) is 0 Å². The first-order valence-electron chi connectivity index (χ1n) is 9.83. The lowest BCUT2D eigenvalue weighted by Gasteiger charge is -2.20. The third kappa shape index (κ3) is 4.32. The molecule has 4 rings (SSSR count). The summed E-state index contributed by atoms with van der Waals surface area (Å²) in [6.45, 7) is 2.26. The van der Waals surface area contributed by atoms with E-state index in [9.17, 15) is 4.79 Å². The molecular weight excluding hydrogens is 360 g/mol. The van der Waals surface area contributed by atoms with Crippen LogP contribution >= 0.6 is 0 Å². The number of aromatic nitrogens is 1. The van der Waals surface area contributed by atoms with E-state index in [-0.39, 0.29) is 11.8 Å². The lowest BCUT2D eigenvalue weighted by atomic mass is 9.91. The molecule has 146 valence electrons. The summed E-state index contributed by atoms with van der Waals surface area (Å²) in [7, 11) is 0. The summed E-state index contributed by atoms with van der Waals surface area (Å²) in [5.74, 6) is 0.598. The molecular formula is C25H24N2O2. The van der Waals surface area contributed by atoms with Crippen LogP contribution in [-0.4, -0.2) is 23.5 Å². The van der Waals surface area contributed by atoms with Crippen LogP contribution in [0.5, 0.6) is 5.75 Å². The predicted molar refractivity (Wildman–Crippen MR) is 116 cm³/mol. The molecule has 0 saturated heterocycles. The Morgan fingerprint density at radius 3 is 2.34 bits per heavy atom. The minimum atomic E-state index is -0.572. The van der Waals surface area contributed by atoms with E-state index < -0.39 is 6.10 Å². The van der Waals surface area contributed by atoms with Crippen molar-refractivity contribution in [2.45, 2.75) is 18.9 Å². The van der Waals surface area contributed by atoms with E-state index in [1.165, 1.54) is 10.9 Å². The zero-order valence-electron chi connectivity index (χ0n) is 16.3. The second-order valence-electron chi connectivity index (χ2n) is 7.07. The molecule has 0 unspecified atom stereocenters. The Labute approximate surface area is 170 Å². The number of fused-ring (bicyclic) bond motifs is 1. The fourth-order valence-electron chi connectivity index (χ4n) is 3.58. The number of nitrogens with one attached hydrogen (secondary N) is 2. The number of rotatable bonds is 7. The Morgan fingerprint density at radius 1 is 0.931 bits per heavy atom. The summed E-state index contributed by atoms with van der Waals surface area (Å²) in [5, 5.41) is 4.25. The van der Waals surface area contributed by atoms with Crippen molar-refractivity contribution >= 4 is 16.8 Å². The first-order chi connectivity index (χ1) is 14.2. The molecule has 1 amide bonds. The zero-order valence-corrected chi connectivity index (χ0v) is 16.3. The van der Waals surface area contributed by atoms with Crippen LogP contribution in [0.3, 0.4) is 0 Å². The molecule has 1 aromatic heterocycles. The van der Waals surface area contributed by atoms with Gasteiger partial charge in [-0.15, -0.1) is 0 Å². The van der Waals surface area contributed by atoms with Crippen molar-refractivity contribution in [3.8, 4) is 5.75 Å². The Balaban J connectivity index is 1.53. The minimum Gasteiger partial charge on any atom is -0.481 e. The van der Waals surface area contributed by atoms with Crippen molar-refractivity contribution in [2.75, 3.05) is 6.54 Å². The number of amides is 1. The molecule has 0 spiro atoms. The number of hydrogen-bond donors (Lipinski definition) is 2. The van der Waals surface area contributed by atoms with Crippen molar-refractivity contribution in [3.63, 3.8) is 0 Å². The highest BCUT2D eigenvalue weighted by atomic mass is 16.5. The highest BCUT2D eigenvalue weighted by Gasteiger charge is 2.21. The van der Waals surface area contributed by atoms with Gasteiger partial charge in [-0.05, 0) is 36.2 Å². The summed E-state index contributed by atoms with van der Waals surface area (Å²) in [5.41, 5.74) is 3.42. The van der Waals surface area contributed by atoms with Gasteiger partial charge in [-0.25, -0.2) is 0 Å². The maximum atomic E-state index is 12.7. The van der Waals surface area contributed by atoms with Gasteiger partial charge >= 0.3 is 0 Å². The van der Waals surface area contributed by atoms with E-state index in [0.29, 0.717) is 12.3 Å². The van der Waals surface area contributed by atoms with Crippen LogP contribution in [-0.2, 0) is 4.79 Å². The van der Waals surface area contributed by atoms with Gasteiger partial charge in [0.15, 0.2) is 6.10 Å². The van der Waals surface area contributed by atoms with Gasteiger partial charge in [0, 0.05) is 29.6 Å². The maximum Gasteiger partial charge on any atom is 0.260 e. The summed E-state index contributed by atoms with van der Waals surface area (Å²) >= 11 is 0. The van der Waals surface area contributed by atoms with Crippen LogP contribution in [0, 0.1) is 0 Å². The van der Waals surface area contributed by atoms with Crippen molar-refractivity contribution in [3.05, 3.63) is 102 Å². The monoisotopic (exact) mass is 384 g/mol. The average molecular weight is 384 g/mol. The van der Waals surface area contributed by atoms with Crippen LogP contribution < -0.4 is 10.1 Å². The number of carbonyl (C=O) groups is 1. The lowest BCUT2D eigenvalue weighted by molar-refractivity contribution is -0.127. The number of ether oxygens (including phenoxy) is 1. The Hall–Kier alpha value is -3.53. The van der Waals surface area contributed by atoms with E-state index in [2.05, 4.69) is 34.6 Å². The smallest absolute Gasteiger partial charge is 0.260 e. The molecule has 2 atom stereocenters. The van der Waals surface area contributed by atoms with Crippen molar-refractivity contribution < 1.29 is 9.53 Å². The SMILES string of the molecule is C[C@H](Oc1ccccc1)C(=O)NC[C@H](c1ccccc1)c1c[nH]c2ccccc12. The Kier molecular flexibility index (Phi) is 5.61. The largest absolute Gasteiger partial charge is 0.481 e. The van der Waals surface area contributed by atoms with Gasteiger partial charge in [0.05, 0.1) is 0 Å². The zero-order chi connectivity index (χ0) is 20.1. The van der Waals surface area contributed by atoms with Gasteiger partial charge in [0.2, 0.25) is 0 Å². The second-order valence-corrected chi connectivity index (χ2v) is 7.07. The number of benzene rings is 3. The van der Waals surface area contributed by atoms with Gasteiger partial charge in [0.1, 0.15) is 5.75 Å². The van der Waals surface area contributed by atoms with Gasteiger partial charge < -0.3 is 15.0 Å². The van der Waals surface area contributed by atoms with Gasteiger partial charge in [-0.1, -0.05) is 66.7 Å². The Morgan fingerprint density at radius 2 is 1.59 bits per heavy atom. The highest BCUT2D eigenvalue weighted by molar-refractivity contribution is 5.85. The summed E-state index contributed by atoms with van der Waals surface area (Å²) in [4.78, 5) is 16.0. The molecule has 3 aromatic carbocycles. The number of H-pyrrole nitrogens is 1. The minimum absolute atomic E-state index is 0.0419. The molecule has 29 heavy (non-hydrogen) atoms. The lowest BCUT2D eigenvalue weighted by Crippen LogP contribution is -2.38. The summed E-state index contributed by atoms with van der Waals surface area (Å²) in [6, 6.07) is 27.9. The van der Waals surface area contributed by atoms with Crippen LogP contribution in [0.2, 0.25) is 0 Å². The number of aromatic amines is 1. The molecule has 0 bridgehead atoms. The highest BCUT2D eigenvalue weighted by Crippen LogP contribution is 2.30. The number of para-hydroxylation sites is 2. The molecule has 4 aromatic rings. The van der Waals surface area contributed by atoms with E-state index in [0.717, 1.165) is 11.1 Å². The van der Waals surface area contributed by atoms with Crippen LogP contribution in [0.1, 0.15) is 24.0 Å². The molecule has 2 N–H and O–H groups in total. The fraction of sp³-hybridized carbons (Fsp3) is 0.160. The third-order valence-electron chi connectivity index (χ3n) is 5.10. The predicted octanol–water partition coefficient (Wildman–Crippen LogP) is 4.88. The third-order valence-corrected chi connectivity index (χ3v) is 5.10. The fourth-order valence-corrected chi connectivity index (χ4v) is 3.58. The van der Waals surface area contributed by atoms with Gasteiger partial charge in [0.25, 0.3) is 5.91 Å². The van der Waals surface area contributed by atoms with Crippen LogP contribution in [0.15, 0.2) is 91.1 Å². The summed E-state index contributed by atoms with van der Waals surface area (Å²) < 4.78 is 5.76. The molecule has 1 heterocycles. The van der Waals surface area contributed by atoms with Crippen LogP contribution in [0.4, 0.5) is 0 Å². The first-order valence-corrected chi connectivity index (χ1v) is 9.83. The van der Waals surface area contributed by atoms with Crippen molar-refractivity contribution in [1.82, 2.24) is 10.3 Å². The number of hydrogen-bond acceptors (Lipinski definition) is 2. The molecule has 0 saturated carbocycles. The molecule has 0 radical (unpaired) electrons.